The van der Waals surface area contributed by atoms with Crippen molar-refractivity contribution in [2.75, 3.05) is 0 Å². The maximum atomic E-state index is 5.31. The lowest BCUT2D eigenvalue weighted by Gasteiger charge is -2.34. The normalized spacial score (nSPS) is 11.6. The van der Waals surface area contributed by atoms with E-state index < -0.39 is 8.07 Å². The van der Waals surface area contributed by atoms with E-state index in [0.29, 0.717) is 17.6 Å². The largest absolute Gasteiger partial charge is 0.278 e. The Kier molecular flexibility index (Phi) is 8.47. The molecule has 5 heteroatoms. The van der Waals surface area contributed by atoms with E-state index in [2.05, 4.69) is 205 Å². The predicted octanol–water partition coefficient (Wildman–Crippen LogP) is 9.35. The standard InChI is InChI=1S/C51H36N4Si/c1-5-18-37(19-6-1)38-32-34-43(35-33-38)56(41-23-9-3-10-24-41,42-25-11-4-12-26-42)44-27-17-22-40(36-44)50-52-49(39-20-7-2-8-21-39)53-51(54-50)55-47-30-15-13-28-45(47)46-29-14-16-31-48(46)55/h1-36H. The van der Waals surface area contributed by atoms with Gasteiger partial charge in [-0.3, -0.25) is 4.57 Å². The van der Waals surface area contributed by atoms with Crippen LogP contribution in [0.15, 0.2) is 218 Å². The smallest absolute Gasteiger partial charge is 0.238 e. The van der Waals surface area contributed by atoms with Gasteiger partial charge in [-0.25, -0.2) is 4.98 Å². The van der Waals surface area contributed by atoms with E-state index in [0.717, 1.165) is 32.9 Å². The maximum Gasteiger partial charge on any atom is 0.238 e. The van der Waals surface area contributed by atoms with Crippen LogP contribution in [0.25, 0.3) is 61.7 Å². The number of hydrogen-bond donors (Lipinski definition) is 0. The zero-order valence-corrected chi connectivity index (χ0v) is 31.6. The number of hydrogen-bond acceptors (Lipinski definition) is 3. The third-order valence-corrected chi connectivity index (χ3v) is 15.6. The van der Waals surface area contributed by atoms with Crippen LogP contribution in [0, 0.1) is 0 Å². The molecule has 8 aromatic carbocycles. The summed E-state index contributed by atoms with van der Waals surface area (Å²) >= 11 is 0. The SMILES string of the molecule is c1ccc(-c2ccc([Si](c3ccccc3)(c3ccccc3)c3cccc(-c4nc(-c5ccccc5)nc(-n5c6ccccc6c6ccccc65)n4)c3)cc2)cc1. The summed E-state index contributed by atoms with van der Waals surface area (Å²) in [6.07, 6.45) is 0. The first-order chi connectivity index (χ1) is 27.8. The van der Waals surface area contributed by atoms with Gasteiger partial charge >= 0.3 is 0 Å². The Hall–Kier alpha value is -7.21. The molecule has 56 heavy (non-hydrogen) atoms. The molecule has 0 unspecified atom stereocenters. The molecule has 0 atom stereocenters. The van der Waals surface area contributed by atoms with E-state index in [1.54, 1.807) is 0 Å². The highest BCUT2D eigenvalue weighted by Gasteiger charge is 2.41. The van der Waals surface area contributed by atoms with Gasteiger partial charge in [0.25, 0.3) is 0 Å². The summed E-state index contributed by atoms with van der Waals surface area (Å²) in [4.78, 5) is 15.7. The molecule has 0 aliphatic carbocycles. The zero-order chi connectivity index (χ0) is 37.3. The molecule has 0 radical (unpaired) electrons. The van der Waals surface area contributed by atoms with Gasteiger partial charge in [-0.05, 0) is 44.0 Å². The molecule has 0 saturated carbocycles. The summed E-state index contributed by atoms with van der Waals surface area (Å²) < 4.78 is 2.17. The predicted molar refractivity (Wildman–Crippen MR) is 234 cm³/mol. The minimum Gasteiger partial charge on any atom is -0.278 e. The first-order valence-corrected chi connectivity index (χ1v) is 21.0. The van der Waals surface area contributed by atoms with Gasteiger partial charge in [0.1, 0.15) is 0 Å². The van der Waals surface area contributed by atoms with E-state index >= 15 is 0 Å². The van der Waals surface area contributed by atoms with Crippen LogP contribution in [0.2, 0.25) is 0 Å². The number of benzene rings is 8. The van der Waals surface area contributed by atoms with Gasteiger partial charge in [0.05, 0.1) is 11.0 Å². The fourth-order valence-corrected chi connectivity index (χ4v) is 13.0. The molecule has 0 saturated heterocycles. The Bertz CT molecular complexity index is 2850. The summed E-state index contributed by atoms with van der Waals surface area (Å²) in [5.41, 5.74) is 6.38. The second-order valence-corrected chi connectivity index (χ2v) is 17.8. The summed E-state index contributed by atoms with van der Waals surface area (Å²) in [6, 6.07) is 78.0. The van der Waals surface area contributed by atoms with Crippen LogP contribution in [0.4, 0.5) is 0 Å². The summed E-state index contributed by atoms with van der Waals surface area (Å²) in [7, 11) is -2.88. The molecule has 0 aliphatic rings. The van der Waals surface area contributed by atoms with Crippen LogP contribution >= 0.6 is 0 Å². The lowest BCUT2D eigenvalue weighted by Crippen LogP contribution is -2.74. The Morgan fingerprint density at radius 3 is 1.29 bits per heavy atom. The van der Waals surface area contributed by atoms with Gasteiger partial charge in [0.2, 0.25) is 5.95 Å². The molecule has 10 rings (SSSR count). The molecule has 0 fully saturated rings. The summed E-state index contributed by atoms with van der Waals surface area (Å²) in [5, 5.41) is 7.49. The minimum absolute atomic E-state index is 0.586. The number of para-hydroxylation sites is 2. The van der Waals surface area contributed by atoms with Gasteiger partial charge in [-0.2, -0.15) is 9.97 Å². The topological polar surface area (TPSA) is 43.6 Å². The first kappa shape index (κ1) is 33.4. The number of nitrogens with zero attached hydrogens (tertiary/aromatic N) is 4. The number of fused-ring (bicyclic) bond motifs is 3. The Balaban J connectivity index is 1.22. The molecule has 0 amide bonds. The van der Waals surface area contributed by atoms with E-state index in [9.17, 15) is 0 Å². The van der Waals surface area contributed by atoms with E-state index in [1.807, 2.05) is 18.2 Å². The van der Waals surface area contributed by atoms with E-state index in [-0.39, 0.29) is 0 Å². The van der Waals surface area contributed by atoms with E-state index in [1.165, 1.54) is 31.9 Å². The monoisotopic (exact) mass is 732 g/mol. The molecule has 10 aromatic rings. The molecule has 0 N–H and O–H groups in total. The fraction of sp³-hybridized carbons (Fsp3) is 0. The van der Waals surface area contributed by atoms with Crippen LogP contribution in [0.5, 0.6) is 0 Å². The molecular weight excluding hydrogens is 697 g/mol. The average Bonchev–Trinajstić information content (AvgIpc) is 3.63. The van der Waals surface area contributed by atoms with Crippen molar-refractivity contribution in [2.45, 2.75) is 0 Å². The molecule has 0 spiro atoms. The Labute approximate surface area is 327 Å². The minimum atomic E-state index is -2.88. The third-order valence-electron chi connectivity index (χ3n) is 10.8. The van der Waals surface area contributed by atoms with Crippen LogP contribution in [-0.4, -0.2) is 27.6 Å². The van der Waals surface area contributed by atoms with Crippen LogP contribution < -0.4 is 20.7 Å². The second kappa shape index (κ2) is 14.2. The molecule has 2 heterocycles. The van der Waals surface area contributed by atoms with Crippen molar-refractivity contribution in [3.8, 4) is 39.9 Å². The first-order valence-electron chi connectivity index (χ1n) is 19.0. The Morgan fingerprint density at radius 1 is 0.304 bits per heavy atom. The molecule has 264 valence electrons. The van der Waals surface area contributed by atoms with Gasteiger partial charge in [0.15, 0.2) is 19.7 Å². The third kappa shape index (κ3) is 5.73. The van der Waals surface area contributed by atoms with Crippen molar-refractivity contribution in [2.24, 2.45) is 0 Å². The van der Waals surface area contributed by atoms with Crippen molar-refractivity contribution in [1.29, 1.82) is 0 Å². The highest BCUT2D eigenvalue weighted by Crippen LogP contribution is 2.32. The van der Waals surface area contributed by atoms with Crippen LogP contribution in [0.1, 0.15) is 0 Å². The molecule has 0 aliphatic heterocycles. The van der Waals surface area contributed by atoms with Gasteiger partial charge in [0, 0.05) is 21.9 Å². The second-order valence-electron chi connectivity index (χ2n) is 14.0. The van der Waals surface area contributed by atoms with E-state index in [4.69, 9.17) is 15.0 Å². The molecule has 0 bridgehead atoms. The van der Waals surface area contributed by atoms with Gasteiger partial charge < -0.3 is 0 Å². The molecular formula is C51H36N4Si. The van der Waals surface area contributed by atoms with Crippen molar-refractivity contribution in [3.05, 3.63) is 218 Å². The number of aromatic nitrogens is 4. The van der Waals surface area contributed by atoms with Crippen molar-refractivity contribution >= 4 is 50.6 Å². The highest BCUT2D eigenvalue weighted by atomic mass is 28.3. The van der Waals surface area contributed by atoms with Gasteiger partial charge in [-0.1, -0.05) is 206 Å². The van der Waals surface area contributed by atoms with Crippen molar-refractivity contribution < 1.29 is 0 Å². The Morgan fingerprint density at radius 2 is 0.714 bits per heavy atom. The van der Waals surface area contributed by atoms with Crippen molar-refractivity contribution in [1.82, 2.24) is 19.5 Å². The zero-order valence-electron chi connectivity index (χ0n) is 30.6. The summed E-state index contributed by atoms with van der Waals surface area (Å²) in [6.45, 7) is 0. The highest BCUT2D eigenvalue weighted by molar-refractivity contribution is 7.19. The molecule has 2 aromatic heterocycles. The maximum absolute atomic E-state index is 5.31. The van der Waals surface area contributed by atoms with Gasteiger partial charge in [-0.15, -0.1) is 0 Å². The van der Waals surface area contributed by atoms with Crippen LogP contribution in [0.3, 0.4) is 0 Å². The fourth-order valence-electron chi connectivity index (χ4n) is 8.26. The van der Waals surface area contributed by atoms with Crippen molar-refractivity contribution in [3.63, 3.8) is 0 Å². The van der Waals surface area contributed by atoms with Crippen LogP contribution in [-0.2, 0) is 0 Å². The molecule has 4 nitrogen and oxygen atoms in total. The quantitative estimate of drug-likeness (QED) is 0.116. The average molecular weight is 733 g/mol. The lowest BCUT2D eigenvalue weighted by molar-refractivity contribution is 0.953. The lowest BCUT2D eigenvalue weighted by atomic mass is 10.1. The number of rotatable bonds is 8. The summed E-state index contributed by atoms with van der Waals surface area (Å²) in [5.74, 6) is 1.84.